The molecule has 0 bridgehead atoms. The molecular formula is C17H28ClN3O2. The van der Waals surface area contributed by atoms with Gasteiger partial charge in [-0.1, -0.05) is 43.2 Å². The molecule has 0 fully saturated rings. The van der Waals surface area contributed by atoms with Gasteiger partial charge in [-0.05, 0) is 31.7 Å². The number of amides is 2. The standard InChI is InChI=1S/C17H27N3O2.ClH/c1-11(2)16(18)17(22)20-10-15(21)19-6-5-14-8-12(3)7-13(4)9-14;/h7-9,11,16H,5-6,10,18H2,1-4H3,(H,19,21)(H,20,22);1H/t16-;/m0./s1. The molecule has 1 aromatic rings. The zero-order valence-corrected chi connectivity index (χ0v) is 15.1. The summed E-state index contributed by atoms with van der Waals surface area (Å²) in [5.41, 5.74) is 9.34. The Balaban J connectivity index is 0.00000484. The molecule has 0 saturated heterocycles. The minimum Gasteiger partial charge on any atom is -0.354 e. The van der Waals surface area contributed by atoms with E-state index >= 15 is 0 Å². The molecule has 0 radical (unpaired) electrons. The van der Waals surface area contributed by atoms with Crippen LogP contribution in [0, 0.1) is 19.8 Å². The van der Waals surface area contributed by atoms with Gasteiger partial charge in [-0.3, -0.25) is 9.59 Å². The first-order valence-electron chi connectivity index (χ1n) is 7.66. The van der Waals surface area contributed by atoms with E-state index in [0.29, 0.717) is 6.54 Å². The first kappa shape index (κ1) is 21.4. The van der Waals surface area contributed by atoms with Gasteiger partial charge in [-0.2, -0.15) is 0 Å². The lowest BCUT2D eigenvalue weighted by Gasteiger charge is -2.15. The Bertz CT molecular complexity index is 512. The summed E-state index contributed by atoms with van der Waals surface area (Å²) in [7, 11) is 0. The summed E-state index contributed by atoms with van der Waals surface area (Å²) in [5.74, 6) is -0.444. The van der Waals surface area contributed by atoms with Crippen LogP contribution < -0.4 is 16.4 Å². The number of halogens is 1. The van der Waals surface area contributed by atoms with E-state index in [-0.39, 0.29) is 36.7 Å². The summed E-state index contributed by atoms with van der Waals surface area (Å²) in [6.45, 7) is 8.37. The third-order valence-corrected chi connectivity index (χ3v) is 3.46. The van der Waals surface area contributed by atoms with E-state index in [9.17, 15) is 9.59 Å². The lowest BCUT2D eigenvalue weighted by Crippen LogP contribution is -2.47. The fraction of sp³-hybridized carbons (Fsp3) is 0.529. The SMILES string of the molecule is Cc1cc(C)cc(CCNC(=O)CNC(=O)[C@@H](N)C(C)C)c1.Cl. The molecule has 0 heterocycles. The van der Waals surface area contributed by atoms with Gasteiger partial charge < -0.3 is 16.4 Å². The van der Waals surface area contributed by atoms with E-state index in [1.54, 1.807) is 0 Å². The van der Waals surface area contributed by atoms with Crippen molar-refractivity contribution in [2.75, 3.05) is 13.1 Å². The number of rotatable bonds is 7. The van der Waals surface area contributed by atoms with Crippen molar-refractivity contribution in [2.45, 2.75) is 40.2 Å². The van der Waals surface area contributed by atoms with Crippen LogP contribution >= 0.6 is 12.4 Å². The average molecular weight is 342 g/mol. The Labute approximate surface area is 144 Å². The van der Waals surface area contributed by atoms with Crippen molar-refractivity contribution in [1.29, 1.82) is 0 Å². The number of aryl methyl sites for hydroxylation is 2. The molecule has 4 N–H and O–H groups in total. The van der Waals surface area contributed by atoms with Crippen LogP contribution in [0.15, 0.2) is 18.2 Å². The number of hydrogen-bond donors (Lipinski definition) is 3. The first-order valence-corrected chi connectivity index (χ1v) is 7.66. The Morgan fingerprint density at radius 2 is 1.65 bits per heavy atom. The number of nitrogens with one attached hydrogen (secondary N) is 2. The molecular weight excluding hydrogens is 314 g/mol. The molecule has 1 rings (SSSR count). The van der Waals surface area contributed by atoms with Gasteiger partial charge in [-0.15, -0.1) is 12.4 Å². The predicted molar refractivity (Wildman–Crippen MR) is 95.7 cm³/mol. The summed E-state index contributed by atoms with van der Waals surface area (Å²) < 4.78 is 0. The van der Waals surface area contributed by atoms with Crippen molar-refractivity contribution in [3.8, 4) is 0 Å². The second-order valence-electron chi connectivity index (χ2n) is 6.08. The van der Waals surface area contributed by atoms with Crippen LogP contribution in [0.4, 0.5) is 0 Å². The average Bonchev–Trinajstić information content (AvgIpc) is 2.42. The van der Waals surface area contributed by atoms with Gasteiger partial charge in [0.05, 0.1) is 12.6 Å². The Kier molecular flexibility index (Phi) is 9.53. The summed E-state index contributed by atoms with van der Waals surface area (Å²) in [6.07, 6.45) is 0.772. The van der Waals surface area contributed by atoms with Crippen molar-refractivity contribution in [2.24, 2.45) is 11.7 Å². The lowest BCUT2D eigenvalue weighted by atomic mass is 10.1. The third kappa shape index (κ3) is 8.00. The summed E-state index contributed by atoms with van der Waals surface area (Å²) >= 11 is 0. The molecule has 0 aromatic heterocycles. The van der Waals surface area contributed by atoms with E-state index in [1.807, 2.05) is 13.8 Å². The van der Waals surface area contributed by atoms with Crippen LogP contribution in [0.1, 0.15) is 30.5 Å². The lowest BCUT2D eigenvalue weighted by molar-refractivity contribution is -0.127. The van der Waals surface area contributed by atoms with Crippen molar-refractivity contribution in [3.63, 3.8) is 0 Å². The fourth-order valence-corrected chi connectivity index (χ4v) is 2.21. The number of nitrogens with two attached hydrogens (primary N) is 1. The fourth-order valence-electron chi connectivity index (χ4n) is 2.21. The molecule has 0 aliphatic rings. The van der Waals surface area contributed by atoms with E-state index in [0.717, 1.165) is 6.42 Å². The molecule has 6 heteroatoms. The molecule has 23 heavy (non-hydrogen) atoms. The summed E-state index contributed by atoms with van der Waals surface area (Å²) in [4.78, 5) is 23.3. The number of carbonyl (C=O) groups excluding carboxylic acids is 2. The Hall–Kier alpha value is -1.59. The maximum Gasteiger partial charge on any atom is 0.239 e. The van der Waals surface area contributed by atoms with E-state index < -0.39 is 6.04 Å². The minimum atomic E-state index is -0.580. The normalized spacial score (nSPS) is 11.6. The zero-order chi connectivity index (χ0) is 16.7. The highest BCUT2D eigenvalue weighted by Crippen LogP contribution is 2.08. The van der Waals surface area contributed by atoms with Crippen LogP contribution in [0.5, 0.6) is 0 Å². The number of hydrogen-bond acceptors (Lipinski definition) is 3. The number of carbonyl (C=O) groups is 2. The van der Waals surface area contributed by atoms with Gasteiger partial charge in [0, 0.05) is 6.54 Å². The van der Waals surface area contributed by atoms with Crippen LogP contribution in [-0.4, -0.2) is 30.9 Å². The second-order valence-corrected chi connectivity index (χ2v) is 6.08. The summed E-state index contributed by atoms with van der Waals surface area (Å²) in [6, 6.07) is 5.77. The van der Waals surface area contributed by atoms with Crippen LogP contribution in [0.2, 0.25) is 0 Å². The molecule has 0 aliphatic heterocycles. The smallest absolute Gasteiger partial charge is 0.239 e. The second kappa shape index (κ2) is 10.2. The van der Waals surface area contributed by atoms with Crippen molar-refractivity contribution < 1.29 is 9.59 Å². The zero-order valence-electron chi connectivity index (χ0n) is 14.3. The highest BCUT2D eigenvalue weighted by molar-refractivity contribution is 5.87. The highest BCUT2D eigenvalue weighted by atomic mass is 35.5. The Morgan fingerprint density at radius 1 is 1.09 bits per heavy atom. The molecule has 2 amide bonds. The van der Waals surface area contributed by atoms with Crippen LogP contribution in [0.3, 0.4) is 0 Å². The third-order valence-electron chi connectivity index (χ3n) is 3.46. The first-order chi connectivity index (χ1) is 10.3. The van der Waals surface area contributed by atoms with Gasteiger partial charge in [-0.25, -0.2) is 0 Å². The molecule has 130 valence electrons. The van der Waals surface area contributed by atoms with Gasteiger partial charge in [0.2, 0.25) is 11.8 Å². The summed E-state index contributed by atoms with van der Waals surface area (Å²) in [5, 5.41) is 5.35. The van der Waals surface area contributed by atoms with Crippen molar-refractivity contribution in [1.82, 2.24) is 10.6 Å². The highest BCUT2D eigenvalue weighted by Gasteiger charge is 2.17. The molecule has 1 atom stereocenters. The Morgan fingerprint density at radius 3 is 2.17 bits per heavy atom. The molecule has 1 aromatic carbocycles. The van der Waals surface area contributed by atoms with Crippen LogP contribution in [-0.2, 0) is 16.0 Å². The molecule has 0 unspecified atom stereocenters. The molecule has 0 aliphatic carbocycles. The number of benzene rings is 1. The maximum atomic E-state index is 11.7. The molecule has 0 spiro atoms. The van der Waals surface area contributed by atoms with E-state index in [4.69, 9.17) is 5.73 Å². The van der Waals surface area contributed by atoms with Gasteiger partial charge in [0.1, 0.15) is 0 Å². The predicted octanol–water partition coefficient (Wildman–Crippen LogP) is 1.48. The largest absolute Gasteiger partial charge is 0.354 e. The van der Waals surface area contributed by atoms with Gasteiger partial charge >= 0.3 is 0 Å². The molecule has 5 nitrogen and oxygen atoms in total. The maximum absolute atomic E-state index is 11.7. The topological polar surface area (TPSA) is 84.2 Å². The van der Waals surface area contributed by atoms with E-state index in [1.165, 1.54) is 16.7 Å². The quantitative estimate of drug-likeness (QED) is 0.702. The monoisotopic (exact) mass is 341 g/mol. The molecule has 0 saturated carbocycles. The van der Waals surface area contributed by atoms with Crippen LogP contribution in [0.25, 0.3) is 0 Å². The van der Waals surface area contributed by atoms with Gasteiger partial charge in [0.15, 0.2) is 0 Å². The minimum absolute atomic E-state index is 0. The van der Waals surface area contributed by atoms with Crippen molar-refractivity contribution in [3.05, 3.63) is 34.9 Å². The van der Waals surface area contributed by atoms with Crippen molar-refractivity contribution >= 4 is 24.2 Å². The van der Waals surface area contributed by atoms with E-state index in [2.05, 4.69) is 42.7 Å². The van der Waals surface area contributed by atoms with Gasteiger partial charge in [0.25, 0.3) is 0 Å².